The highest BCUT2D eigenvalue weighted by atomic mass is 32.1. The second-order valence-corrected chi connectivity index (χ2v) is 5.19. The Morgan fingerprint density at radius 2 is 2.29 bits per heavy atom. The first kappa shape index (κ1) is 12.1. The maximum atomic E-state index is 5.30. The highest BCUT2D eigenvalue weighted by molar-refractivity contribution is 7.80. The van der Waals surface area contributed by atoms with E-state index >= 15 is 0 Å². The minimum absolute atomic E-state index is 0.500. The monoisotopic (exact) mass is 214 g/mol. The lowest BCUT2D eigenvalue weighted by molar-refractivity contribution is 0.287. The van der Waals surface area contributed by atoms with Crippen molar-refractivity contribution in [1.29, 1.82) is 0 Å². The third-order valence-corrected chi connectivity index (χ3v) is 3.12. The fourth-order valence-corrected chi connectivity index (χ4v) is 2.29. The van der Waals surface area contributed by atoms with Gasteiger partial charge < -0.3 is 10.2 Å². The Hall–Kier alpha value is 0.01000. The molecule has 3 heteroatoms. The molecule has 0 bridgehead atoms. The van der Waals surface area contributed by atoms with Crippen molar-refractivity contribution in [2.45, 2.75) is 32.7 Å². The SMILES string of the molecule is CC(C)CN(C)CCC1NCCC1=S. The van der Waals surface area contributed by atoms with E-state index in [0.717, 1.165) is 25.4 Å². The molecule has 0 radical (unpaired) electrons. The summed E-state index contributed by atoms with van der Waals surface area (Å²) in [5.41, 5.74) is 0. The molecule has 1 N–H and O–H groups in total. The second-order valence-electron chi connectivity index (χ2n) is 4.67. The molecule has 0 aromatic carbocycles. The van der Waals surface area contributed by atoms with Gasteiger partial charge in [0.25, 0.3) is 0 Å². The zero-order chi connectivity index (χ0) is 10.6. The summed E-state index contributed by atoms with van der Waals surface area (Å²) < 4.78 is 0. The molecule has 0 amide bonds. The van der Waals surface area contributed by atoms with Gasteiger partial charge in [0, 0.05) is 24.0 Å². The molecule has 1 aliphatic heterocycles. The van der Waals surface area contributed by atoms with Crippen LogP contribution < -0.4 is 5.32 Å². The van der Waals surface area contributed by atoms with E-state index in [1.807, 2.05) is 0 Å². The molecular weight excluding hydrogens is 192 g/mol. The van der Waals surface area contributed by atoms with Crippen LogP contribution in [-0.4, -0.2) is 42.5 Å². The molecule has 14 heavy (non-hydrogen) atoms. The van der Waals surface area contributed by atoms with Crippen LogP contribution in [0.4, 0.5) is 0 Å². The standard InChI is InChI=1S/C11H22N2S/c1-9(2)8-13(3)7-5-10-11(14)4-6-12-10/h9-10,12H,4-8H2,1-3H3. The van der Waals surface area contributed by atoms with Crippen molar-refractivity contribution in [3.05, 3.63) is 0 Å². The van der Waals surface area contributed by atoms with Gasteiger partial charge in [-0.15, -0.1) is 0 Å². The summed E-state index contributed by atoms with van der Waals surface area (Å²) in [5, 5.41) is 3.45. The van der Waals surface area contributed by atoms with Gasteiger partial charge in [0.2, 0.25) is 0 Å². The Kier molecular flexibility index (Phi) is 4.99. The molecule has 0 aromatic heterocycles. The lowest BCUT2D eigenvalue weighted by Crippen LogP contribution is -2.33. The zero-order valence-electron chi connectivity index (χ0n) is 9.55. The summed E-state index contributed by atoms with van der Waals surface area (Å²) in [6.45, 7) is 7.93. The summed E-state index contributed by atoms with van der Waals surface area (Å²) in [6, 6.07) is 0.500. The van der Waals surface area contributed by atoms with Crippen LogP contribution in [0, 0.1) is 5.92 Å². The van der Waals surface area contributed by atoms with Crippen LogP contribution in [0.15, 0.2) is 0 Å². The first-order valence-electron chi connectivity index (χ1n) is 5.54. The smallest absolute Gasteiger partial charge is 0.0396 e. The van der Waals surface area contributed by atoms with E-state index in [4.69, 9.17) is 12.2 Å². The van der Waals surface area contributed by atoms with E-state index in [1.54, 1.807) is 0 Å². The average Bonchev–Trinajstić information content (AvgIpc) is 2.46. The molecule has 1 heterocycles. The molecular formula is C11H22N2S. The van der Waals surface area contributed by atoms with Crippen molar-refractivity contribution < 1.29 is 0 Å². The summed E-state index contributed by atoms with van der Waals surface area (Å²) in [4.78, 5) is 3.62. The van der Waals surface area contributed by atoms with Gasteiger partial charge in [-0.1, -0.05) is 26.1 Å². The highest BCUT2D eigenvalue weighted by Gasteiger charge is 2.19. The van der Waals surface area contributed by atoms with Gasteiger partial charge in [0.15, 0.2) is 0 Å². The molecule has 1 rings (SSSR count). The summed E-state index contributed by atoms with van der Waals surface area (Å²) in [7, 11) is 2.19. The quantitative estimate of drug-likeness (QED) is 0.701. The normalized spacial score (nSPS) is 22.6. The molecule has 82 valence electrons. The van der Waals surface area contributed by atoms with E-state index in [0.29, 0.717) is 6.04 Å². The Morgan fingerprint density at radius 3 is 2.79 bits per heavy atom. The third-order valence-electron chi connectivity index (χ3n) is 2.63. The van der Waals surface area contributed by atoms with Crippen molar-refractivity contribution in [2.75, 3.05) is 26.7 Å². The molecule has 0 aliphatic carbocycles. The predicted octanol–water partition coefficient (Wildman–Crippen LogP) is 1.70. The van der Waals surface area contributed by atoms with Crippen LogP contribution in [0.25, 0.3) is 0 Å². The van der Waals surface area contributed by atoms with Crippen LogP contribution in [0.5, 0.6) is 0 Å². The van der Waals surface area contributed by atoms with Crippen LogP contribution in [-0.2, 0) is 0 Å². The molecule has 0 aromatic rings. The number of hydrogen-bond acceptors (Lipinski definition) is 3. The fraction of sp³-hybridized carbons (Fsp3) is 0.909. The van der Waals surface area contributed by atoms with Gasteiger partial charge in [-0.05, 0) is 32.4 Å². The number of nitrogens with one attached hydrogen (secondary N) is 1. The van der Waals surface area contributed by atoms with Gasteiger partial charge in [-0.25, -0.2) is 0 Å². The van der Waals surface area contributed by atoms with Crippen molar-refractivity contribution >= 4 is 17.1 Å². The maximum Gasteiger partial charge on any atom is 0.0396 e. The van der Waals surface area contributed by atoms with Gasteiger partial charge in [-0.2, -0.15) is 0 Å². The molecule has 1 unspecified atom stereocenters. The molecule has 2 nitrogen and oxygen atoms in total. The molecule has 1 saturated heterocycles. The number of nitrogens with zero attached hydrogens (tertiary/aromatic N) is 1. The molecule has 1 atom stereocenters. The van der Waals surface area contributed by atoms with E-state index in [2.05, 4.69) is 31.1 Å². The van der Waals surface area contributed by atoms with Crippen LogP contribution >= 0.6 is 12.2 Å². The lowest BCUT2D eigenvalue weighted by atomic mass is 10.1. The number of hydrogen-bond donors (Lipinski definition) is 1. The van der Waals surface area contributed by atoms with Crippen LogP contribution in [0.1, 0.15) is 26.7 Å². The third kappa shape index (κ3) is 4.03. The topological polar surface area (TPSA) is 15.3 Å². The minimum atomic E-state index is 0.500. The van der Waals surface area contributed by atoms with Crippen LogP contribution in [0.2, 0.25) is 0 Å². The second kappa shape index (κ2) is 5.79. The van der Waals surface area contributed by atoms with Crippen LogP contribution in [0.3, 0.4) is 0 Å². The van der Waals surface area contributed by atoms with Crippen molar-refractivity contribution in [3.8, 4) is 0 Å². The zero-order valence-corrected chi connectivity index (χ0v) is 10.4. The summed E-state index contributed by atoms with van der Waals surface area (Å²) >= 11 is 5.30. The lowest BCUT2D eigenvalue weighted by Gasteiger charge is -2.20. The number of rotatable bonds is 5. The van der Waals surface area contributed by atoms with Gasteiger partial charge in [-0.3, -0.25) is 0 Å². The van der Waals surface area contributed by atoms with E-state index in [1.165, 1.54) is 17.8 Å². The fourth-order valence-electron chi connectivity index (χ4n) is 1.98. The molecule has 1 aliphatic rings. The number of thiocarbonyl (C=S) groups is 1. The Morgan fingerprint density at radius 1 is 1.57 bits per heavy atom. The maximum absolute atomic E-state index is 5.30. The van der Waals surface area contributed by atoms with E-state index in [9.17, 15) is 0 Å². The highest BCUT2D eigenvalue weighted by Crippen LogP contribution is 2.08. The molecule has 0 saturated carbocycles. The average molecular weight is 214 g/mol. The Balaban J connectivity index is 2.16. The van der Waals surface area contributed by atoms with Gasteiger partial charge in [0.1, 0.15) is 0 Å². The van der Waals surface area contributed by atoms with E-state index in [-0.39, 0.29) is 0 Å². The van der Waals surface area contributed by atoms with Crippen molar-refractivity contribution in [3.63, 3.8) is 0 Å². The first-order chi connectivity index (χ1) is 6.59. The van der Waals surface area contributed by atoms with Crippen molar-refractivity contribution in [1.82, 2.24) is 10.2 Å². The summed E-state index contributed by atoms with van der Waals surface area (Å²) in [5.74, 6) is 0.753. The summed E-state index contributed by atoms with van der Waals surface area (Å²) in [6.07, 6.45) is 2.26. The Bertz CT molecular complexity index is 192. The predicted molar refractivity (Wildman–Crippen MR) is 66.0 cm³/mol. The van der Waals surface area contributed by atoms with E-state index < -0.39 is 0 Å². The first-order valence-corrected chi connectivity index (χ1v) is 5.95. The Labute approximate surface area is 93.1 Å². The van der Waals surface area contributed by atoms with Gasteiger partial charge in [0.05, 0.1) is 0 Å². The molecule has 0 spiro atoms. The largest absolute Gasteiger partial charge is 0.309 e. The van der Waals surface area contributed by atoms with Gasteiger partial charge >= 0.3 is 0 Å². The minimum Gasteiger partial charge on any atom is -0.309 e. The van der Waals surface area contributed by atoms with Crippen molar-refractivity contribution in [2.24, 2.45) is 5.92 Å². The molecule has 1 fully saturated rings.